The minimum Gasteiger partial charge on any atom is -0.497 e. The maximum atomic E-state index is 14.6. The Morgan fingerprint density at radius 3 is 2.31 bits per heavy atom. The fourth-order valence-corrected chi connectivity index (χ4v) is 9.00. The summed E-state index contributed by atoms with van der Waals surface area (Å²) in [6.07, 6.45) is 4.93. The Hall–Kier alpha value is -5.26. The molecule has 3 aliphatic rings. The van der Waals surface area contributed by atoms with E-state index >= 15 is 0 Å². The molecule has 0 aliphatic heterocycles. The van der Waals surface area contributed by atoms with Gasteiger partial charge in [-0.15, -0.1) is 0 Å². The average Bonchev–Trinajstić information content (AvgIpc) is 3.48. The Bertz CT molecular complexity index is 2210. The maximum absolute atomic E-state index is 14.6. The Morgan fingerprint density at radius 2 is 1.59 bits per heavy atom. The van der Waals surface area contributed by atoms with Gasteiger partial charge in [-0.2, -0.15) is 0 Å². The van der Waals surface area contributed by atoms with Crippen molar-refractivity contribution in [2.75, 3.05) is 35.0 Å². The number of ether oxygens (including phenoxy) is 4. The van der Waals surface area contributed by atoms with Gasteiger partial charge in [0.2, 0.25) is 5.91 Å². The lowest BCUT2D eigenvalue weighted by Crippen LogP contribution is -2.53. The Labute approximate surface area is 345 Å². The molecule has 4 aromatic rings. The van der Waals surface area contributed by atoms with E-state index in [0.717, 1.165) is 28.8 Å². The molecule has 2 bridgehead atoms. The second kappa shape index (κ2) is 18.3. The summed E-state index contributed by atoms with van der Waals surface area (Å²) in [7, 11) is 6.21. The summed E-state index contributed by atoms with van der Waals surface area (Å²) < 4.78 is 50.7. The van der Waals surface area contributed by atoms with Gasteiger partial charge in [0.05, 0.1) is 53.1 Å². The number of halogens is 2. The number of ketones is 1. The molecule has 9 nitrogen and oxygen atoms in total. The van der Waals surface area contributed by atoms with Gasteiger partial charge in [-0.25, -0.2) is 8.78 Å². The first-order chi connectivity index (χ1) is 28.2. The molecule has 59 heavy (non-hydrogen) atoms. The highest BCUT2D eigenvalue weighted by molar-refractivity contribution is 6.10. The quantitative estimate of drug-likeness (QED) is 0.108. The zero-order chi connectivity index (χ0) is 42.5. The standard InChI is InChI=1S/C48H55F2NO8/c1-30-8-7-20-47(2)39(37-16-10-31(22-35(52)14-9-30)23-38(37)46(54)33-13-17-40(49)41(50)26-33)19-21-48(47,55)29-51(28-34-12-15-36(56-3)27-43(34)58-5)45(53)25-32-11-18-42(57-4)44(24-32)59-6/h8,10-13,15-18,23-24,26-27,35,39,52,55H,7,9,14,19-22,25,28-29H2,1-6H3. The molecule has 11 heteroatoms. The van der Waals surface area contributed by atoms with Crippen molar-refractivity contribution in [1.82, 2.24) is 4.90 Å². The van der Waals surface area contributed by atoms with E-state index < -0.39 is 34.5 Å². The van der Waals surface area contributed by atoms with Crippen LogP contribution in [0.4, 0.5) is 8.78 Å². The van der Waals surface area contributed by atoms with E-state index in [1.165, 1.54) is 13.2 Å². The summed E-state index contributed by atoms with van der Waals surface area (Å²) >= 11 is 0. The number of hydrogen-bond acceptors (Lipinski definition) is 8. The molecular formula is C48H55F2NO8. The molecule has 0 radical (unpaired) electrons. The van der Waals surface area contributed by atoms with Gasteiger partial charge >= 0.3 is 0 Å². The molecule has 3 aliphatic carbocycles. The van der Waals surface area contributed by atoms with Crippen LogP contribution in [0.5, 0.6) is 23.0 Å². The van der Waals surface area contributed by atoms with Crippen molar-refractivity contribution in [3.63, 3.8) is 0 Å². The predicted molar refractivity (Wildman–Crippen MR) is 221 cm³/mol. The highest BCUT2D eigenvalue weighted by Crippen LogP contribution is 2.59. The molecule has 0 aromatic heterocycles. The van der Waals surface area contributed by atoms with E-state index in [1.54, 1.807) is 56.6 Å². The predicted octanol–water partition coefficient (Wildman–Crippen LogP) is 8.54. The SMILES string of the molecule is COc1ccc(CN(CC2(O)CCC3c4ccc(cc4C(=O)c4ccc(F)c(F)c4)CC(O)CCC(C)=CCCC32C)C(=O)Cc2ccc(OC)c(OC)c2)c(OC)c1. The molecule has 314 valence electrons. The van der Waals surface area contributed by atoms with Gasteiger partial charge in [0.1, 0.15) is 11.5 Å². The first-order valence-electron chi connectivity index (χ1n) is 20.1. The molecular weight excluding hydrogens is 757 g/mol. The second-order valence-electron chi connectivity index (χ2n) is 16.2. The van der Waals surface area contributed by atoms with Crippen molar-refractivity contribution in [2.24, 2.45) is 5.41 Å². The zero-order valence-corrected chi connectivity index (χ0v) is 34.8. The first-order valence-corrected chi connectivity index (χ1v) is 20.1. The Kier molecular flexibility index (Phi) is 13.5. The molecule has 4 aromatic carbocycles. The van der Waals surface area contributed by atoms with Crippen LogP contribution >= 0.6 is 0 Å². The maximum Gasteiger partial charge on any atom is 0.227 e. The molecule has 2 N–H and O–H groups in total. The molecule has 4 atom stereocenters. The normalized spacial score (nSPS) is 21.8. The highest BCUT2D eigenvalue weighted by atomic mass is 19.2. The van der Waals surface area contributed by atoms with Crippen LogP contribution in [0, 0.1) is 17.0 Å². The van der Waals surface area contributed by atoms with Gasteiger partial charge < -0.3 is 34.1 Å². The third-order valence-corrected chi connectivity index (χ3v) is 12.6. The van der Waals surface area contributed by atoms with E-state index in [4.69, 9.17) is 18.9 Å². The van der Waals surface area contributed by atoms with Crippen molar-refractivity contribution in [2.45, 2.75) is 89.4 Å². The Balaban J connectivity index is 1.44. The number of hydrogen-bond donors (Lipinski definition) is 2. The summed E-state index contributed by atoms with van der Waals surface area (Å²) in [5.41, 5.74) is 1.95. The molecule has 7 rings (SSSR count). The van der Waals surface area contributed by atoms with Gasteiger partial charge in [0, 0.05) is 34.7 Å². The smallest absolute Gasteiger partial charge is 0.227 e. The third-order valence-electron chi connectivity index (χ3n) is 12.6. The molecule has 1 saturated carbocycles. The topological polar surface area (TPSA) is 115 Å². The summed E-state index contributed by atoms with van der Waals surface area (Å²) in [5.74, 6) is -1.11. The van der Waals surface area contributed by atoms with E-state index in [1.807, 2.05) is 38.1 Å². The zero-order valence-electron chi connectivity index (χ0n) is 34.8. The van der Waals surface area contributed by atoms with E-state index in [2.05, 4.69) is 6.08 Å². The Morgan fingerprint density at radius 1 is 0.831 bits per heavy atom. The van der Waals surface area contributed by atoms with Crippen LogP contribution in [0.3, 0.4) is 0 Å². The van der Waals surface area contributed by atoms with Crippen LogP contribution in [-0.4, -0.2) is 73.5 Å². The lowest BCUT2D eigenvalue weighted by atomic mass is 9.64. The number of rotatable bonds is 12. The number of aliphatic hydroxyl groups is 2. The fourth-order valence-electron chi connectivity index (χ4n) is 9.00. The lowest BCUT2D eigenvalue weighted by molar-refractivity contribution is -0.140. The summed E-state index contributed by atoms with van der Waals surface area (Å²) in [6.45, 7) is 4.18. The van der Waals surface area contributed by atoms with Crippen LogP contribution in [0.15, 0.2) is 84.4 Å². The number of fused-ring (bicyclic) bond motifs is 8. The summed E-state index contributed by atoms with van der Waals surface area (Å²) in [4.78, 5) is 30.7. The van der Waals surface area contributed by atoms with E-state index in [0.29, 0.717) is 84.6 Å². The minimum absolute atomic E-state index is 0.00198. The largest absolute Gasteiger partial charge is 0.497 e. The van der Waals surface area contributed by atoms with Gasteiger partial charge in [0.25, 0.3) is 0 Å². The van der Waals surface area contributed by atoms with Crippen molar-refractivity contribution in [3.8, 4) is 23.0 Å². The van der Waals surface area contributed by atoms with Crippen molar-refractivity contribution in [3.05, 3.63) is 129 Å². The third kappa shape index (κ3) is 9.31. The number of carbonyl (C=O) groups is 2. The molecule has 0 heterocycles. The summed E-state index contributed by atoms with van der Waals surface area (Å²) in [6, 6.07) is 19.4. The molecule has 1 fully saturated rings. The van der Waals surface area contributed by atoms with Crippen LogP contribution in [0.2, 0.25) is 0 Å². The summed E-state index contributed by atoms with van der Waals surface area (Å²) in [5, 5.41) is 24.2. The number of benzene rings is 4. The van der Waals surface area contributed by atoms with Gasteiger partial charge in [-0.05, 0) is 123 Å². The fraction of sp³-hybridized carbons (Fsp3) is 0.417. The number of amides is 1. The van der Waals surface area contributed by atoms with Crippen molar-refractivity contribution in [1.29, 1.82) is 0 Å². The van der Waals surface area contributed by atoms with Crippen LogP contribution < -0.4 is 18.9 Å². The molecule has 0 spiro atoms. The number of carbonyl (C=O) groups excluding carboxylic acids is 2. The number of aliphatic hydroxyl groups excluding tert-OH is 1. The van der Waals surface area contributed by atoms with Crippen LogP contribution in [0.1, 0.15) is 96.5 Å². The second-order valence-corrected chi connectivity index (χ2v) is 16.2. The molecule has 1 amide bonds. The number of allylic oxidation sites excluding steroid dienone is 2. The highest BCUT2D eigenvalue weighted by Gasteiger charge is 2.57. The molecule has 0 saturated heterocycles. The molecule has 4 unspecified atom stereocenters. The number of nitrogens with zero attached hydrogens (tertiary/aromatic N) is 1. The van der Waals surface area contributed by atoms with Crippen molar-refractivity contribution >= 4 is 11.7 Å². The minimum atomic E-state index is -1.44. The lowest BCUT2D eigenvalue weighted by Gasteiger charge is -2.46. The number of methoxy groups -OCH3 is 4. The van der Waals surface area contributed by atoms with Gasteiger partial charge in [-0.1, -0.05) is 36.8 Å². The van der Waals surface area contributed by atoms with Crippen LogP contribution in [0.25, 0.3) is 0 Å². The van der Waals surface area contributed by atoms with Crippen molar-refractivity contribution < 1.29 is 47.5 Å². The average molecular weight is 812 g/mol. The van der Waals surface area contributed by atoms with Gasteiger partial charge in [0.15, 0.2) is 28.9 Å². The van der Waals surface area contributed by atoms with E-state index in [-0.39, 0.29) is 36.9 Å². The van der Waals surface area contributed by atoms with Crippen LogP contribution in [-0.2, 0) is 24.2 Å². The monoisotopic (exact) mass is 811 g/mol. The first kappa shape index (κ1) is 43.3. The van der Waals surface area contributed by atoms with E-state index in [9.17, 15) is 28.6 Å². The van der Waals surface area contributed by atoms with Gasteiger partial charge in [-0.3, -0.25) is 9.59 Å².